The predicted molar refractivity (Wildman–Crippen MR) is 62.1 cm³/mol. The second-order valence-electron chi connectivity index (χ2n) is 3.59. The minimum atomic E-state index is 0.633. The zero-order valence-electron chi connectivity index (χ0n) is 9.10. The fourth-order valence-electron chi connectivity index (χ4n) is 1.44. The maximum atomic E-state index is 5.71. The Morgan fingerprint density at radius 1 is 1.44 bits per heavy atom. The molecular weight excluding hydrogens is 204 g/mol. The molecular formula is C11H14N4O. The van der Waals surface area contributed by atoms with Crippen LogP contribution in [-0.2, 0) is 6.42 Å². The van der Waals surface area contributed by atoms with E-state index in [0.29, 0.717) is 12.3 Å². The first-order valence-corrected chi connectivity index (χ1v) is 5.11. The first kappa shape index (κ1) is 10.5. The van der Waals surface area contributed by atoms with Gasteiger partial charge >= 0.3 is 0 Å². The third kappa shape index (κ3) is 2.50. The van der Waals surface area contributed by atoms with Crippen molar-refractivity contribution in [1.82, 2.24) is 10.1 Å². The molecule has 1 aromatic heterocycles. The van der Waals surface area contributed by atoms with Gasteiger partial charge in [-0.2, -0.15) is 4.98 Å². The number of hydrogen-bond acceptors (Lipinski definition) is 5. The Hall–Kier alpha value is -2.04. The molecule has 5 nitrogen and oxygen atoms in total. The Kier molecular flexibility index (Phi) is 3.05. The van der Waals surface area contributed by atoms with E-state index in [-0.39, 0.29) is 0 Å². The molecule has 0 aliphatic rings. The molecule has 0 fully saturated rings. The van der Waals surface area contributed by atoms with Crippen molar-refractivity contribution in [3.05, 3.63) is 36.0 Å². The van der Waals surface area contributed by atoms with E-state index in [1.54, 1.807) is 0 Å². The maximum absolute atomic E-state index is 5.71. The second-order valence-corrected chi connectivity index (χ2v) is 3.59. The van der Waals surface area contributed by atoms with Gasteiger partial charge in [-0.15, -0.1) is 0 Å². The molecule has 3 N–H and O–H groups in total. The predicted octanol–water partition coefficient (Wildman–Crippen LogP) is 1.61. The summed E-state index contributed by atoms with van der Waals surface area (Å²) >= 11 is 0. The van der Waals surface area contributed by atoms with Crippen molar-refractivity contribution >= 4 is 11.4 Å². The van der Waals surface area contributed by atoms with Crippen LogP contribution in [0.15, 0.2) is 29.0 Å². The number of benzene rings is 1. The molecule has 1 aromatic carbocycles. The highest BCUT2D eigenvalue weighted by atomic mass is 16.5. The number of nitrogens with zero attached hydrogens (tertiary/aromatic N) is 2. The van der Waals surface area contributed by atoms with Crippen LogP contribution in [0.25, 0.3) is 0 Å². The van der Waals surface area contributed by atoms with Gasteiger partial charge in [0.15, 0.2) is 6.33 Å². The van der Waals surface area contributed by atoms with Gasteiger partial charge in [0.2, 0.25) is 5.89 Å². The molecule has 0 aliphatic carbocycles. The fraction of sp³-hybridized carbons (Fsp3) is 0.273. The van der Waals surface area contributed by atoms with E-state index in [9.17, 15) is 0 Å². The van der Waals surface area contributed by atoms with Crippen molar-refractivity contribution in [1.29, 1.82) is 0 Å². The first-order chi connectivity index (χ1) is 7.75. The third-order valence-electron chi connectivity index (χ3n) is 2.32. The summed E-state index contributed by atoms with van der Waals surface area (Å²) in [6.07, 6.45) is 2.11. The van der Waals surface area contributed by atoms with Crippen molar-refractivity contribution in [2.75, 3.05) is 17.6 Å². The normalized spacial score (nSPS) is 10.3. The summed E-state index contributed by atoms with van der Waals surface area (Å²) in [4.78, 5) is 3.94. The van der Waals surface area contributed by atoms with Crippen LogP contribution in [0.2, 0.25) is 0 Å². The Morgan fingerprint density at radius 2 is 2.31 bits per heavy atom. The van der Waals surface area contributed by atoms with Gasteiger partial charge in [0, 0.05) is 24.3 Å². The summed E-state index contributed by atoms with van der Waals surface area (Å²) in [5, 5.41) is 6.83. The lowest BCUT2D eigenvalue weighted by Gasteiger charge is -2.08. The molecule has 16 heavy (non-hydrogen) atoms. The average molecular weight is 218 g/mol. The maximum Gasteiger partial charge on any atom is 0.228 e. The summed E-state index contributed by atoms with van der Waals surface area (Å²) in [5.41, 5.74) is 8.68. The number of rotatable bonds is 4. The third-order valence-corrected chi connectivity index (χ3v) is 2.32. The van der Waals surface area contributed by atoms with E-state index in [1.165, 1.54) is 11.9 Å². The van der Waals surface area contributed by atoms with Crippen molar-refractivity contribution in [3.63, 3.8) is 0 Å². The number of hydrogen-bond donors (Lipinski definition) is 2. The summed E-state index contributed by atoms with van der Waals surface area (Å²) in [5.74, 6) is 0.633. The Labute approximate surface area is 93.7 Å². The molecule has 0 amide bonds. The smallest absolute Gasteiger partial charge is 0.228 e. The summed E-state index contributed by atoms with van der Waals surface area (Å²) in [6.45, 7) is 2.78. The molecule has 0 spiro atoms. The molecule has 5 heteroatoms. The molecule has 0 bridgehead atoms. The van der Waals surface area contributed by atoms with Crippen LogP contribution < -0.4 is 11.1 Å². The summed E-state index contributed by atoms with van der Waals surface area (Å²) < 4.78 is 4.90. The quantitative estimate of drug-likeness (QED) is 0.762. The molecule has 0 unspecified atom stereocenters. The van der Waals surface area contributed by atoms with Gasteiger partial charge in [0.05, 0.1) is 0 Å². The highest BCUT2D eigenvalue weighted by Gasteiger charge is 2.01. The number of anilines is 2. The average Bonchev–Trinajstić information content (AvgIpc) is 2.76. The summed E-state index contributed by atoms with van der Waals surface area (Å²) in [6, 6.07) is 5.80. The van der Waals surface area contributed by atoms with Gasteiger partial charge in [0.25, 0.3) is 0 Å². The van der Waals surface area contributed by atoms with Gasteiger partial charge in [-0.1, -0.05) is 11.2 Å². The lowest BCUT2D eigenvalue weighted by molar-refractivity contribution is 0.380. The highest BCUT2D eigenvalue weighted by Crippen LogP contribution is 2.17. The Bertz CT molecular complexity index is 453. The Morgan fingerprint density at radius 3 is 3.06 bits per heavy atom. The molecule has 0 aliphatic heterocycles. The monoisotopic (exact) mass is 218 g/mol. The number of nitrogens with one attached hydrogen (secondary N) is 1. The van der Waals surface area contributed by atoms with Crippen molar-refractivity contribution in [2.45, 2.75) is 13.3 Å². The topological polar surface area (TPSA) is 77.0 Å². The van der Waals surface area contributed by atoms with Gasteiger partial charge in [-0.05, 0) is 24.6 Å². The van der Waals surface area contributed by atoms with E-state index in [2.05, 4.69) is 15.5 Å². The fourth-order valence-corrected chi connectivity index (χ4v) is 1.44. The van der Waals surface area contributed by atoms with Gasteiger partial charge in [-0.25, -0.2) is 0 Å². The van der Waals surface area contributed by atoms with Crippen LogP contribution >= 0.6 is 0 Å². The molecule has 0 saturated heterocycles. The van der Waals surface area contributed by atoms with Crippen LogP contribution in [0, 0.1) is 6.92 Å². The highest BCUT2D eigenvalue weighted by molar-refractivity contribution is 5.59. The van der Waals surface area contributed by atoms with Crippen LogP contribution in [0.5, 0.6) is 0 Å². The van der Waals surface area contributed by atoms with Crippen LogP contribution in [0.4, 0.5) is 11.4 Å². The van der Waals surface area contributed by atoms with E-state index in [4.69, 9.17) is 10.3 Å². The van der Waals surface area contributed by atoms with E-state index in [0.717, 1.165) is 17.9 Å². The zero-order chi connectivity index (χ0) is 11.4. The second kappa shape index (κ2) is 4.65. The standard InChI is InChI=1S/C11H14N4O/c1-8-2-3-9(12)6-10(8)13-5-4-11-14-7-15-16-11/h2-3,6-7,13H,4-5,12H2,1H3. The SMILES string of the molecule is Cc1ccc(N)cc1NCCc1ncno1. The lowest BCUT2D eigenvalue weighted by atomic mass is 10.2. The van der Waals surface area contributed by atoms with Gasteiger partial charge in [0.1, 0.15) is 0 Å². The minimum Gasteiger partial charge on any atom is -0.399 e. The van der Waals surface area contributed by atoms with Crippen LogP contribution in [-0.4, -0.2) is 16.7 Å². The first-order valence-electron chi connectivity index (χ1n) is 5.11. The lowest BCUT2D eigenvalue weighted by Crippen LogP contribution is -2.06. The molecule has 0 radical (unpaired) electrons. The minimum absolute atomic E-state index is 0.633. The van der Waals surface area contributed by atoms with Crippen LogP contribution in [0.1, 0.15) is 11.5 Å². The molecule has 2 aromatic rings. The van der Waals surface area contributed by atoms with E-state index in [1.807, 2.05) is 25.1 Å². The largest absolute Gasteiger partial charge is 0.399 e. The number of nitrogen functional groups attached to an aromatic ring is 1. The molecule has 2 rings (SSSR count). The Balaban J connectivity index is 1.92. The van der Waals surface area contributed by atoms with Gasteiger partial charge in [-0.3, -0.25) is 0 Å². The van der Waals surface area contributed by atoms with E-state index >= 15 is 0 Å². The molecule has 84 valence electrons. The van der Waals surface area contributed by atoms with Crippen molar-refractivity contribution in [3.8, 4) is 0 Å². The molecule has 1 heterocycles. The number of aryl methyl sites for hydroxylation is 1. The van der Waals surface area contributed by atoms with Crippen molar-refractivity contribution < 1.29 is 4.52 Å². The number of aromatic nitrogens is 2. The van der Waals surface area contributed by atoms with Crippen molar-refractivity contribution in [2.24, 2.45) is 0 Å². The summed E-state index contributed by atoms with van der Waals surface area (Å²) in [7, 11) is 0. The molecule has 0 atom stereocenters. The zero-order valence-corrected chi connectivity index (χ0v) is 9.10. The van der Waals surface area contributed by atoms with Gasteiger partial charge < -0.3 is 15.6 Å². The molecule has 0 saturated carbocycles. The van der Waals surface area contributed by atoms with E-state index < -0.39 is 0 Å². The van der Waals surface area contributed by atoms with Crippen LogP contribution in [0.3, 0.4) is 0 Å². The number of nitrogens with two attached hydrogens (primary N) is 1.